The molecule has 2 aliphatic rings. The Balaban J connectivity index is 1.75. The Labute approximate surface area is 135 Å². The second-order valence-electron chi connectivity index (χ2n) is 7.72. The molecule has 0 radical (unpaired) electrons. The van der Waals surface area contributed by atoms with E-state index in [1.54, 1.807) is 0 Å². The fourth-order valence-corrected chi connectivity index (χ4v) is 3.28. The van der Waals surface area contributed by atoms with Crippen molar-refractivity contribution in [2.75, 3.05) is 11.4 Å². The highest BCUT2D eigenvalue weighted by Gasteiger charge is 2.51. The fourth-order valence-electron chi connectivity index (χ4n) is 3.28. The summed E-state index contributed by atoms with van der Waals surface area (Å²) >= 11 is 0. The van der Waals surface area contributed by atoms with Crippen molar-refractivity contribution >= 4 is 18.3 Å². The summed E-state index contributed by atoms with van der Waals surface area (Å²) in [7, 11) is -0.266. The summed E-state index contributed by atoms with van der Waals surface area (Å²) in [6.45, 7) is 11.9. The van der Waals surface area contributed by atoms with Gasteiger partial charge in [-0.05, 0) is 71.5 Å². The van der Waals surface area contributed by atoms with Gasteiger partial charge in [0.2, 0.25) is 0 Å². The molecule has 1 unspecified atom stereocenters. The Morgan fingerprint density at radius 2 is 1.59 bits per heavy atom. The first-order chi connectivity index (χ1) is 10.3. The van der Waals surface area contributed by atoms with Gasteiger partial charge < -0.3 is 14.2 Å². The molecule has 2 aliphatic heterocycles. The molecule has 2 heterocycles. The number of piperidine rings is 1. The maximum absolute atomic E-state index is 6.12. The van der Waals surface area contributed by atoms with E-state index in [1.807, 2.05) is 0 Å². The first-order valence-electron chi connectivity index (χ1n) is 8.52. The van der Waals surface area contributed by atoms with Gasteiger partial charge in [0, 0.05) is 18.3 Å². The van der Waals surface area contributed by atoms with E-state index in [1.165, 1.54) is 24.9 Å². The molecule has 0 aliphatic carbocycles. The second-order valence-corrected chi connectivity index (χ2v) is 7.72. The predicted octanol–water partition coefficient (Wildman–Crippen LogP) is 3.36. The van der Waals surface area contributed by atoms with E-state index in [0.717, 1.165) is 12.0 Å². The van der Waals surface area contributed by atoms with Gasteiger partial charge >= 0.3 is 7.12 Å². The van der Waals surface area contributed by atoms with E-state index in [9.17, 15) is 0 Å². The maximum atomic E-state index is 6.12. The molecule has 1 aromatic rings. The number of benzene rings is 1. The van der Waals surface area contributed by atoms with Crippen molar-refractivity contribution < 1.29 is 9.31 Å². The monoisotopic (exact) mass is 301 g/mol. The van der Waals surface area contributed by atoms with Crippen LogP contribution in [0.15, 0.2) is 24.3 Å². The lowest BCUT2D eigenvalue weighted by Crippen LogP contribution is -2.41. The third-order valence-electron chi connectivity index (χ3n) is 5.55. The smallest absolute Gasteiger partial charge is 0.399 e. The van der Waals surface area contributed by atoms with Crippen molar-refractivity contribution in [3.05, 3.63) is 24.3 Å². The number of nitrogens with zero attached hydrogens (tertiary/aromatic N) is 1. The number of hydrogen-bond donors (Lipinski definition) is 0. The van der Waals surface area contributed by atoms with Gasteiger partial charge in [-0.2, -0.15) is 0 Å². The van der Waals surface area contributed by atoms with E-state index in [2.05, 4.69) is 63.8 Å². The van der Waals surface area contributed by atoms with E-state index < -0.39 is 0 Å². The third kappa shape index (κ3) is 2.79. The largest absolute Gasteiger partial charge is 0.494 e. The summed E-state index contributed by atoms with van der Waals surface area (Å²) in [5.74, 6) is 0. The van der Waals surface area contributed by atoms with Gasteiger partial charge in [-0.15, -0.1) is 0 Å². The Hall–Kier alpha value is -0.995. The normalized spacial score (nSPS) is 27.2. The van der Waals surface area contributed by atoms with Crippen LogP contribution in [-0.4, -0.2) is 30.9 Å². The summed E-state index contributed by atoms with van der Waals surface area (Å²) in [5.41, 5.74) is 1.86. The molecular formula is C18H28BNO2. The zero-order valence-corrected chi connectivity index (χ0v) is 14.6. The number of anilines is 1. The lowest BCUT2D eigenvalue weighted by Gasteiger charge is -2.35. The SMILES string of the molecule is CC1CCCCN1c1ccc(B2OC(C)(C)C(C)(C)O2)cc1. The summed E-state index contributed by atoms with van der Waals surface area (Å²) in [4.78, 5) is 2.51. The molecule has 0 N–H and O–H groups in total. The third-order valence-corrected chi connectivity index (χ3v) is 5.55. The van der Waals surface area contributed by atoms with Crippen LogP contribution in [0, 0.1) is 0 Å². The number of rotatable bonds is 2. The van der Waals surface area contributed by atoms with Gasteiger partial charge in [0.1, 0.15) is 0 Å². The molecule has 22 heavy (non-hydrogen) atoms. The van der Waals surface area contributed by atoms with Crippen molar-refractivity contribution in [1.29, 1.82) is 0 Å². The molecule has 1 aromatic carbocycles. The Morgan fingerprint density at radius 3 is 2.14 bits per heavy atom. The van der Waals surface area contributed by atoms with Crippen molar-refractivity contribution in [1.82, 2.24) is 0 Å². The van der Waals surface area contributed by atoms with Gasteiger partial charge in [-0.25, -0.2) is 0 Å². The van der Waals surface area contributed by atoms with Crippen LogP contribution in [0.5, 0.6) is 0 Å². The van der Waals surface area contributed by atoms with Gasteiger partial charge in [-0.1, -0.05) is 12.1 Å². The van der Waals surface area contributed by atoms with Crippen molar-refractivity contribution in [2.45, 2.75) is 71.1 Å². The lowest BCUT2D eigenvalue weighted by molar-refractivity contribution is 0.00578. The van der Waals surface area contributed by atoms with Crippen molar-refractivity contribution in [3.8, 4) is 0 Å². The first-order valence-corrected chi connectivity index (χ1v) is 8.52. The number of hydrogen-bond acceptors (Lipinski definition) is 3. The Kier molecular flexibility index (Phi) is 4.02. The van der Waals surface area contributed by atoms with Gasteiger partial charge in [0.25, 0.3) is 0 Å². The van der Waals surface area contributed by atoms with Gasteiger partial charge in [0.15, 0.2) is 0 Å². The van der Waals surface area contributed by atoms with Crippen LogP contribution in [0.4, 0.5) is 5.69 Å². The van der Waals surface area contributed by atoms with Crippen molar-refractivity contribution in [3.63, 3.8) is 0 Å². The Bertz CT molecular complexity index is 510. The van der Waals surface area contributed by atoms with Crippen LogP contribution >= 0.6 is 0 Å². The topological polar surface area (TPSA) is 21.7 Å². The summed E-state index contributed by atoms with van der Waals surface area (Å²) in [5, 5.41) is 0. The highest BCUT2D eigenvalue weighted by Crippen LogP contribution is 2.36. The molecule has 0 saturated carbocycles. The maximum Gasteiger partial charge on any atom is 0.494 e. The van der Waals surface area contributed by atoms with E-state index in [4.69, 9.17) is 9.31 Å². The van der Waals surface area contributed by atoms with E-state index in [0.29, 0.717) is 6.04 Å². The predicted molar refractivity (Wildman–Crippen MR) is 92.8 cm³/mol. The fraction of sp³-hybridized carbons (Fsp3) is 0.667. The zero-order chi connectivity index (χ0) is 16.0. The minimum atomic E-state index is -0.280. The summed E-state index contributed by atoms with van der Waals surface area (Å²) in [6, 6.07) is 9.36. The van der Waals surface area contributed by atoms with Crippen LogP contribution in [0.2, 0.25) is 0 Å². The van der Waals surface area contributed by atoms with E-state index in [-0.39, 0.29) is 18.3 Å². The first kappa shape index (κ1) is 15.9. The summed E-state index contributed by atoms with van der Waals surface area (Å²) in [6.07, 6.45) is 3.94. The zero-order valence-electron chi connectivity index (χ0n) is 14.6. The van der Waals surface area contributed by atoms with Crippen LogP contribution in [-0.2, 0) is 9.31 Å². The molecule has 2 saturated heterocycles. The van der Waals surface area contributed by atoms with Gasteiger partial charge in [0.05, 0.1) is 11.2 Å². The molecule has 0 spiro atoms. The second kappa shape index (κ2) is 5.57. The van der Waals surface area contributed by atoms with Crippen LogP contribution in [0.3, 0.4) is 0 Å². The van der Waals surface area contributed by atoms with Crippen LogP contribution < -0.4 is 10.4 Å². The molecular weight excluding hydrogens is 273 g/mol. The van der Waals surface area contributed by atoms with Crippen LogP contribution in [0.25, 0.3) is 0 Å². The molecule has 0 bridgehead atoms. The molecule has 0 amide bonds. The molecule has 3 rings (SSSR count). The van der Waals surface area contributed by atoms with Crippen LogP contribution in [0.1, 0.15) is 53.9 Å². The molecule has 1 atom stereocenters. The molecule has 4 heteroatoms. The lowest BCUT2D eigenvalue weighted by atomic mass is 9.79. The Morgan fingerprint density at radius 1 is 1.00 bits per heavy atom. The molecule has 2 fully saturated rings. The molecule has 0 aromatic heterocycles. The van der Waals surface area contributed by atoms with E-state index >= 15 is 0 Å². The summed E-state index contributed by atoms with van der Waals surface area (Å²) < 4.78 is 12.2. The highest BCUT2D eigenvalue weighted by atomic mass is 16.7. The average Bonchev–Trinajstić information content (AvgIpc) is 2.68. The minimum Gasteiger partial charge on any atom is -0.399 e. The average molecular weight is 301 g/mol. The standard InChI is InChI=1S/C18H28BNO2/c1-14-8-6-7-13-20(14)16-11-9-15(10-12-16)19-21-17(2,3)18(4,5)22-19/h9-12,14H,6-8,13H2,1-5H3. The quantitative estimate of drug-likeness (QED) is 0.782. The van der Waals surface area contributed by atoms with Crippen molar-refractivity contribution in [2.24, 2.45) is 0 Å². The van der Waals surface area contributed by atoms with Gasteiger partial charge in [-0.3, -0.25) is 0 Å². The highest BCUT2D eigenvalue weighted by molar-refractivity contribution is 6.62. The minimum absolute atomic E-state index is 0.266. The molecule has 120 valence electrons. The molecule has 3 nitrogen and oxygen atoms in total.